The van der Waals surface area contributed by atoms with Gasteiger partial charge in [-0.15, -0.1) is 5.10 Å². The molecule has 4 aliphatic carbocycles. The summed E-state index contributed by atoms with van der Waals surface area (Å²) in [6, 6.07) is 8.07. The lowest BCUT2D eigenvalue weighted by Gasteiger charge is -2.57. The fourth-order valence-electron chi connectivity index (χ4n) is 6.21. The summed E-state index contributed by atoms with van der Waals surface area (Å²) in [7, 11) is 0. The highest BCUT2D eigenvalue weighted by molar-refractivity contribution is 5.89. The number of ether oxygens (including phenoxy) is 1. The second-order valence-electron chi connectivity index (χ2n) is 9.74. The first-order valence-corrected chi connectivity index (χ1v) is 11.9. The number of aliphatic carboxylic acids is 2. The van der Waals surface area contributed by atoms with Gasteiger partial charge in [-0.1, -0.05) is 6.07 Å². The number of carboxylic acid groups (broad SMARTS) is 2. The fraction of sp³-hybridized carbons (Fsp3) is 0.560. The van der Waals surface area contributed by atoms with Crippen LogP contribution in [0.2, 0.25) is 0 Å². The van der Waals surface area contributed by atoms with Gasteiger partial charge >= 0.3 is 11.9 Å². The molecule has 8 heteroatoms. The molecule has 0 radical (unpaired) electrons. The molecular formula is C25H33N3O5. The highest BCUT2D eigenvalue weighted by Gasteiger charge is 2.50. The molecular weight excluding hydrogens is 422 g/mol. The van der Waals surface area contributed by atoms with Crippen molar-refractivity contribution in [1.82, 2.24) is 14.9 Å². The van der Waals surface area contributed by atoms with E-state index in [4.69, 9.17) is 14.9 Å². The molecule has 4 fully saturated rings. The van der Waals surface area contributed by atoms with E-state index in [0.29, 0.717) is 17.7 Å². The molecule has 4 bridgehead atoms. The first kappa shape index (κ1) is 23.3. The normalized spacial score (nSPS) is 27.5. The third-order valence-electron chi connectivity index (χ3n) is 7.08. The Kier molecular flexibility index (Phi) is 7.33. The van der Waals surface area contributed by atoms with Gasteiger partial charge in [-0.05, 0) is 87.8 Å². The Morgan fingerprint density at radius 2 is 1.70 bits per heavy atom. The van der Waals surface area contributed by atoms with Crippen molar-refractivity contribution < 1.29 is 24.5 Å². The second-order valence-corrected chi connectivity index (χ2v) is 9.74. The molecule has 2 aromatic heterocycles. The molecule has 0 saturated heterocycles. The van der Waals surface area contributed by atoms with Gasteiger partial charge in [0.25, 0.3) is 0 Å². The molecule has 6 rings (SSSR count). The number of carboxylic acids is 2. The first-order chi connectivity index (χ1) is 15.9. The number of aromatic nitrogens is 2. The zero-order valence-electron chi connectivity index (χ0n) is 18.9. The Morgan fingerprint density at radius 1 is 1.06 bits per heavy atom. The lowest BCUT2D eigenvalue weighted by Crippen LogP contribution is -2.58. The second kappa shape index (κ2) is 10.4. The van der Waals surface area contributed by atoms with Crippen LogP contribution in [0.4, 0.5) is 0 Å². The minimum Gasteiger partial charge on any atom is -0.478 e. The molecule has 2 aromatic rings. The number of carbonyl (C=O) groups is 2. The summed E-state index contributed by atoms with van der Waals surface area (Å²) in [4.78, 5) is 19.1. The number of rotatable bonds is 9. The van der Waals surface area contributed by atoms with E-state index in [0.717, 1.165) is 48.7 Å². The maximum absolute atomic E-state index is 9.55. The van der Waals surface area contributed by atoms with Crippen molar-refractivity contribution in [2.24, 2.45) is 17.8 Å². The minimum atomic E-state index is -1.26. The van der Waals surface area contributed by atoms with Crippen molar-refractivity contribution in [3.05, 3.63) is 42.6 Å². The summed E-state index contributed by atoms with van der Waals surface area (Å²) in [6.45, 7) is 1.90. The van der Waals surface area contributed by atoms with Crippen molar-refractivity contribution in [2.45, 2.75) is 56.9 Å². The zero-order valence-corrected chi connectivity index (χ0v) is 18.9. The Labute approximate surface area is 193 Å². The molecule has 0 aromatic carbocycles. The molecule has 0 aliphatic heterocycles. The number of pyridine rings is 1. The standard InChI is InChI=1S/C21H29N3O.C4H4O4/c1-3-7-24-19(5-1)12-20(23-24)25-8-4-2-6-22-21-13-16-9-17(14-21)11-18(10-16)15-21;5-3(6)1-2-4(7)8/h1,3,5,7,12,16-18,22H,2,4,6,8-11,13-15H2;1-2H,(H,5,6)(H,7,8). The summed E-state index contributed by atoms with van der Waals surface area (Å²) >= 11 is 0. The molecule has 0 spiro atoms. The highest BCUT2D eigenvalue weighted by Crippen LogP contribution is 2.55. The predicted molar refractivity (Wildman–Crippen MR) is 123 cm³/mol. The van der Waals surface area contributed by atoms with Gasteiger partial charge in [0, 0.05) is 30.0 Å². The monoisotopic (exact) mass is 455 g/mol. The van der Waals surface area contributed by atoms with E-state index in [9.17, 15) is 9.59 Å². The first-order valence-electron chi connectivity index (χ1n) is 11.9. The van der Waals surface area contributed by atoms with E-state index >= 15 is 0 Å². The average molecular weight is 456 g/mol. The van der Waals surface area contributed by atoms with Gasteiger partial charge in [-0.2, -0.15) is 0 Å². The van der Waals surface area contributed by atoms with Crippen LogP contribution in [0.25, 0.3) is 5.52 Å². The van der Waals surface area contributed by atoms with E-state index < -0.39 is 11.9 Å². The molecule has 178 valence electrons. The minimum absolute atomic E-state index is 0.497. The van der Waals surface area contributed by atoms with Gasteiger partial charge < -0.3 is 20.3 Å². The Bertz CT molecular complexity index is 915. The summed E-state index contributed by atoms with van der Waals surface area (Å²) < 4.78 is 7.69. The van der Waals surface area contributed by atoms with Crippen LogP contribution in [0.3, 0.4) is 0 Å². The fourth-order valence-corrected chi connectivity index (χ4v) is 6.21. The molecule has 2 heterocycles. The number of fused-ring (bicyclic) bond motifs is 1. The van der Waals surface area contributed by atoms with Crippen molar-refractivity contribution in [3.63, 3.8) is 0 Å². The highest BCUT2D eigenvalue weighted by atomic mass is 16.5. The predicted octanol–water partition coefficient (Wildman–Crippen LogP) is 3.76. The maximum atomic E-state index is 9.55. The molecule has 0 atom stereocenters. The number of hydrogen-bond acceptors (Lipinski definition) is 5. The van der Waals surface area contributed by atoms with Gasteiger partial charge in [-0.25, -0.2) is 14.1 Å². The van der Waals surface area contributed by atoms with Crippen LogP contribution in [0.5, 0.6) is 5.88 Å². The maximum Gasteiger partial charge on any atom is 0.328 e. The molecule has 0 unspecified atom stereocenters. The molecule has 4 aliphatic rings. The van der Waals surface area contributed by atoms with E-state index in [1.165, 1.54) is 44.9 Å². The van der Waals surface area contributed by atoms with Crippen LogP contribution in [0, 0.1) is 17.8 Å². The van der Waals surface area contributed by atoms with E-state index in [1.54, 1.807) is 0 Å². The lowest BCUT2D eigenvalue weighted by atomic mass is 9.53. The van der Waals surface area contributed by atoms with Gasteiger partial charge in [-0.3, -0.25) is 0 Å². The number of unbranched alkanes of at least 4 members (excludes halogenated alkanes) is 1. The van der Waals surface area contributed by atoms with Crippen molar-refractivity contribution in [3.8, 4) is 5.88 Å². The van der Waals surface area contributed by atoms with Crippen LogP contribution in [0.1, 0.15) is 51.4 Å². The molecule has 0 amide bonds. The van der Waals surface area contributed by atoms with Gasteiger partial charge in [0.15, 0.2) is 0 Å². The average Bonchev–Trinajstić information content (AvgIpc) is 3.17. The molecule has 8 nitrogen and oxygen atoms in total. The van der Waals surface area contributed by atoms with E-state index in [1.807, 2.05) is 28.9 Å². The van der Waals surface area contributed by atoms with E-state index in [2.05, 4.69) is 16.5 Å². The van der Waals surface area contributed by atoms with Crippen molar-refractivity contribution in [2.75, 3.05) is 13.2 Å². The van der Waals surface area contributed by atoms with Crippen molar-refractivity contribution >= 4 is 17.5 Å². The van der Waals surface area contributed by atoms with Crippen LogP contribution < -0.4 is 10.1 Å². The Balaban J connectivity index is 0.000000281. The SMILES string of the molecule is O=C(O)C=CC(=O)O.c1ccn2nc(OCCCCNC34CC5CC(CC(C5)C3)C4)cc2c1. The van der Waals surface area contributed by atoms with Gasteiger partial charge in [0.2, 0.25) is 5.88 Å². The topological polar surface area (TPSA) is 113 Å². The summed E-state index contributed by atoms with van der Waals surface area (Å²) in [5, 5.41) is 24.0. The number of hydrogen-bond donors (Lipinski definition) is 3. The quantitative estimate of drug-likeness (QED) is 0.390. The largest absolute Gasteiger partial charge is 0.478 e. The third-order valence-corrected chi connectivity index (χ3v) is 7.08. The molecule has 4 saturated carbocycles. The lowest BCUT2D eigenvalue weighted by molar-refractivity contribution is -0.134. The summed E-state index contributed by atoms with van der Waals surface area (Å²) in [6.07, 6.45) is 14.2. The van der Waals surface area contributed by atoms with Crippen molar-refractivity contribution in [1.29, 1.82) is 0 Å². The van der Waals surface area contributed by atoms with E-state index in [-0.39, 0.29) is 0 Å². The van der Waals surface area contributed by atoms with Crippen LogP contribution in [-0.2, 0) is 9.59 Å². The van der Waals surface area contributed by atoms with Gasteiger partial charge in [0.1, 0.15) is 0 Å². The smallest absolute Gasteiger partial charge is 0.328 e. The Morgan fingerprint density at radius 3 is 2.27 bits per heavy atom. The third kappa shape index (κ3) is 6.35. The number of nitrogens with zero attached hydrogens (tertiary/aromatic N) is 2. The molecule has 3 N–H and O–H groups in total. The number of nitrogens with one attached hydrogen (secondary N) is 1. The zero-order chi connectivity index (χ0) is 23.3. The van der Waals surface area contributed by atoms with Gasteiger partial charge in [0.05, 0.1) is 12.1 Å². The van der Waals surface area contributed by atoms with Crippen LogP contribution in [0.15, 0.2) is 42.6 Å². The summed E-state index contributed by atoms with van der Waals surface area (Å²) in [5.74, 6) is 1.30. The molecule has 33 heavy (non-hydrogen) atoms. The van der Waals surface area contributed by atoms with Crippen LogP contribution >= 0.6 is 0 Å². The van der Waals surface area contributed by atoms with Crippen LogP contribution in [-0.4, -0.2) is 50.5 Å². The summed E-state index contributed by atoms with van der Waals surface area (Å²) in [5.41, 5.74) is 1.58. The Hall–Kier alpha value is -2.87.